The molecule has 3 nitrogen and oxygen atoms in total. The van der Waals surface area contributed by atoms with E-state index < -0.39 is 0 Å². The first-order valence-corrected chi connectivity index (χ1v) is 6.87. The Morgan fingerprint density at radius 1 is 1.05 bits per heavy atom. The normalized spacial score (nSPS) is 16.8. The van der Waals surface area contributed by atoms with Gasteiger partial charge in [-0.1, -0.05) is 18.2 Å². The lowest BCUT2D eigenvalue weighted by Crippen LogP contribution is -2.39. The summed E-state index contributed by atoms with van der Waals surface area (Å²) < 4.78 is 10.4. The molecule has 1 unspecified atom stereocenters. The molecule has 0 amide bonds. The van der Waals surface area contributed by atoms with E-state index in [4.69, 9.17) is 4.42 Å². The second-order valence-electron chi connectivity index (χ2n) is 5.40. The molecule has 2 aromatic carbocycles. The van der Waals surface area contributed by atoms with Crippen LogP contribution in [0.1, 0.15) is 18.5 Å². The number of rotatable bonds is 0. The Morgan fingerprint density at radius 2 is 1.95 bits per heavy atom. The average Bonchev–Trinajstić information content (AvgIpc) is 3.13. The minimum Gasteiger partial charge on any atom is -0.456 e. The quantitative estimate of drug-likeness (QED) is 0.443. The molecule has 1 aliphatic heterocycles. The molecule has 1 atom stereocenters. The maximum Gasteiger partial charge on any atom is 0.206 e. The minimum atomic E-state index is 0.359. The Bertz CT molecular complexity index is 977. The van der Waals surface area contributed by atoms with E-state index in [0.717, 1.165) is 11.2 Å². The fraction of sp³-hybridized carbons (Fsp3) is 0.118. The van der Waals surface area contributed by atoms with Crippen molar-refractivity contribution in [1.29, 1.82) is 0 Å². The van der Waals surface area contributed by atoms with Crippen molar-refractivity contribution in [2.75, 3.05) is 0 Å². The number of furan rings is 1. The van der Waals surface area contributed by atoms with Crippen molar-refractivity contribution >= 4 is 21.9 Å². The van der Waals surface area contributed by atoms with Crippen LogP contribution in [0.5, 0.6) is 0 Å². The highest BCUT2D eigenvalue weighted by Crippen LogP contribution is 2.35. The molecule has 3 heteroatoms. The molecule has 0 saturated carbocycles. The molecule has 4 aromatic rings. The van der Waals surface area contributed by atoms with Crippen LogP contribution in [-0.2, 0) is 0 Å². The van der Waals surface area contributed by atoms with Crippen LogP contribution in [0.4, 0.5) is 0 Å². The Kier molecular flexibility index (Phi) is 1.70. The van der Waals surface area contributed by atoms with Gasteiger partial charge in [-0.05, 0) is 12.1 Å². The molecular formula is C17H13N2O+. The molecule has 2 aromatic heterocycles. The number of hydrogen-bond donors (Lipinski definition) is 0. The summed E-state index contributed by atoms with van der Waals surface area (Å²) in [6.45, 7) is 2.23. The predicted octanol–water partition coefficient (Wildman–Crippen LogP) is 3.59. The minimum absolute atomic E-state index is 0.359. The van der Waals surface area contributed by atoms with E-state index in [0.29, 0.717) is 6.04 Å². The lowest BCUT2D eigenvalue weighted by molar-refractivity contribution is -0.770. The summed E-state index contributed by atoms with van der Waals surface area (Å²) in [7, 11) is 0. The highest BCUT2D eigenvalue weighted by molar-refractivity contribution is 6.05. The molecule has 0 radical (unpaired) electrons. The molecule has 0 spiro atoms. The molecule has 96 valence electrons. The van der Waals surface area contributed by atoms with E-state index in [9.17, 15) is 0 Å². The van der Waals surface area contributed by atoms with Crippen molar-refractivity contribution in [3.8, 4) is 5.69 Å². The third-order valence-electron chi connectivity index (χ3n) is 4.33. The van der Waals surface area contributed by atoms with Crippen LogP contribution in [0.2, 0.25) is 0 Å². The van der Waals surface area contributed by atoms with E-state index in [1.165, 1.54) is 22.0 Å². The summed E-state index contributed by atoms with van der Waals surface area (Å²) in [4.78, 5) is 0. The molecule has 1 aliphatic rings. The van der Waals surface area contributed by atoms with Gasteiger partial charge in [-0.3, -0.25) is 0 Å². The first-order chi connectivity index (χ1) is 9.83. The fourth-order valence-electron chi connectivity index (χ4n) is 3.33. The van der Waals surface area contributed by atoms with Gasteiger partial charge in [-0.2, -0.15) is 0 Å². The average molecular weight is 261 g/mol. The van der Waals surface area contributed by atoms with Gasteiger partial charge in [0.05, 0.1) is 11.8 Å². The largest absolute Gasteiger partial charge is 0.456 e. The molecule has 20 heavy (non-hydrogen) atoms. The maximum atomic E-state index is 5.98. The van der Waals surface area contributed by atoms with E-state index in [1.54, 1.807) is 0 Å². The van der Waals surface area contributed by atoms with Crippen molar-refractivity contribution in [1.82, 2.24) is 4.68 Å². The fourth-order valence-corrected chi connectivity index (χ4v) is 3.33. The van der Waals surface area contributed by atoms with Gasteiger partial charge in [0.15, 0.2) is 6.20 Å². The zero-order chi connectivity index (χ0) is 13.3. The molecule has 5 rings (SSSR count). The van der Waals surface area contributed by atoms with Crippen LogP contribution in [-0.4, -0.2) is 4.68 Å². The van der Waals surface area contributed by atoms with Crippen LogP contribution in [0.3, 0.4) is 0 Å². The summed E-state index contributed by atoms with van der Waals surface area (Å²) in [5.74, 6) is 0. The van der Waals surface area contributed by atoms with Gasteiger partial charge in [-0.15, -0.1) is 9.36 Å². The first-order valence-electron chi connectivity index (χ1n) is 6.87. The Balaban J connectivity index is 1.94. The molecular weight excluding hydrogens is 248 g/mol. The van der Waals surface area contributed by atoms with Crippen molar-refractivity contribution in [2.24, 2.45) is 0 Å². The van der Waals surface area contributed by atoms with E-state index in [2.05, 4.69) is 59.0 Å². The first kappa shape index (κ1) is 10.3. The summed E-state index contributed by atoms with van der Waals surface area (Å²) in [6.07, 6.45) is 4.21. The zero-order valence-corrected chi connectivity index (χ0v) is 11.1. The molecule has 0 fully saturated rings. The van der Waals surface area contributed by atoms with Crippen LogP contribution < -0.4 is 4.68 Å². The summed E-state index contributed by atoms with van der Waals surface area (Å²) in [6, 6.07) is 15.1. The van der Waals surface area contributed by atoms with Gasteiger partial charge in [0.1, 0.15) is 16.9 Å². The number of para-hydroxylation sites is 1. The standard InChI is InChI=1S/C17H13N2O/c1-11-13-9-14-12-5-2-3-6-16(12)20-17(14)10-15(13)19-8-4-7-18(11)19/h2-11H,1H3/q+1. The van der Waals surface area contributed by atoms with Crippen LogP contribution in [0.25, 0.3) is 27.6 Å². The van der Waals surface area contributed by atoms with Crippen LogP contribution in [0.15, 0.2) is 59.3 Å². The summed E-state index contributed by atoms with van der Waals surface area (Å²) in [5, 5.41) is 2.40. The van der Waals surface area contributed by atoms with E-state index in [1.807, 2.05) is 12.1 Å². The molecule has 0 aliphatic carbocycles. The lowest BCUT2D eigenvalue weighted by atomic mass is 10.0. The number of nitrogens with zero attached hydrogens (tertiary/aromatic N) is 2. The van der Waals surface area contributed by atoms with Crippen LogP contribution in [0, 0.1) is 0 Å². The highest BCUT2D eigenvalue weighted by atomic mass is 16.3. The Labute approximate surface area is 115 Å². The summed E-state index contributed by atoms with van der Waals surface area (Å²) >= 11 is 0. The Hall–Kier alpha value is -2.55. The predicted molar refractivity (Wildman–Crippen MR) is 77.1 cm³/mol. The van der Waals surface area contributed by atoms with Gasteiger partial charge in [-0.25, -0.2) is 0 Å². The van der Waals surface area contributed by atoms with Gasteiger partial charge >= 0.3 is 0 Å². The number of benzene rings is 2. The lowest BCUT2D eigenvalue weighted by Gasteiger charge is -1.98. The third kappa shape index (κ3) is 1.09. The van der Waals surface area contributed by atoms with Crippen LogP contribution >= 0.6 is 0 Å². The monoisotopic (exact) mass is 261 g/mol. The zero-order valence-electron chi connectivity index (χ0n) is 11.1. The third-order valence-corrected chi connectivity index (χ3v) is 4.33. The Morgan fingerprint density at radius 3 is 2.90 bits per heavy atom. The second kappa shape index (κ2) is 3.31. The molecule has 0 N–H and O–H groups in total. The number of fused-ring (bicyclic) bond motifs is 6. The number of aromatic nitrogens is 2. The SMILES string of the molecule is CC1c2cc3c(cc2-n2ccc[n+]21)oc1ccccc13. The van der Waals surface area contributed by atoms with Gasteiger partial charge in [0.25, 0.3) is 0 Å². The topological polar surface area (TPSA) is 21.9 Å². The van der Waals surface area contributed by atoms with Crippen molar-refractivity contribution in [2.45, 2.75) is 13.0 Å². The van der Waals surface area contributed by atoms with Crippen molar-refractivity contribution in [3.05, 3.63) is 60.4 Å². The van der Waals surface area contributed by atoms with Crippen molar-refractivity contribution < 1.29 is 9.10 Å². The smallest absolute Gasteiger partial charge is 0.206 e. The number of hydrogen-bond acceptors (Lipinski definition) is 1. The molecule has 3 heterocycles. The second-order valence-corrected chi connectivity index (χ2v) is 5.40. The van der Waals surface area contributed by atoms with Crippen molar-refractivity contribution in [3.63, 3.8) is 0 Å². The highest BCUT2D eigenvalue weighted by Gasteiger charge is 2.33. The molecule has 0 bridgehead atoms. The van der Waals surface area contributed by atoms with Gasteiger partial charge in [0.2, 0.25) is 6.04 Å². The van der Waals surface area contributed by atoms with E-state index >= 15 is 0 Å². The van der Waals surface area contributed by atoms with Gasteiger partial charge in [0, 0.05) is 29.8 Å². The molecule has 0 saturated heterocycles. The van der Waals surface area contributed by atoms with Gasteiger partial charge < -0.3 is 4.42 Å². The maximum absolute atomic E-state index is 5.98. The van der Waals surface area contributed by atoms with E-state index in [-0.39, 0.29) is 0 Å². The summed E-state index contributed by atoms with van der Waals surface area (Å²) in [5.41, 5.74) is 4.48.